The van der Waals surface area contributed by atoms with Crippen molar-refractivity contribution in [2.45, 2.75) is 13.3 Å². The smallest absolute Gasteiger partial charge is 0.771 e. The standard InChI is InChI=1S/C3H8S2.CH4O2.CH3O.Al.O/c1-2-3-5-4;1-3-2;1-2;;/h4H,2-3H2,1H3;2H,1H3;1H3;;/q;;-1;+1;/p-1. The van der Waals surface area contributed by atoms with Gasteiger partial charge in [0.2, 0.25) is 0 Å². The third kappa shape index (κ3) is 16.9. The molecule has 0 heterocycles. The summed E-state index contributed by atoms with van der Waals surface area (Å²) in [4.78, 5) is 4.02. The van der Waals surface area contributed by atoms with Crippen molar-refractivity contribution in [3.63, 3.8) is 0 Å². The number of hydrogen-bond acceptors (Lipinski definition) is 6. The molecule has 0 atom stereocenters. The van der Waals surface area contributed by atoms with Gasteiger partial charge < -0.3 is 11.5 Å². The molecular formula is C5H14AlO4S2-. The maximum Gasteiger partial charge on any atom is 0.839 e. The first kappa shape index (κ1) is 15.1. The van der Waals surface area contributed by atoms with Crippen LogP contribution in [-0.4, -0.2) is 34.7 Å². The molecule has 0 saturated heterocycles. The summed E-state index contributed by atoms with van der Waals surface area (Å²) in [6, 6.07) is 0. The van der Waals surface area contributed by atoms with E-state index in [0.29, 0.717) is 0 Å². The molecule has 0 unspecified atom stereocenters. The van der Waals surface area contributed by atoms with Crippen LogP contribution in [0.5, 0.6) is 0 Å². The molecular weight excluding hydrogens is 215 g/mol. The molecule has 0 aliphatic heterocycles. The Labute approximate surface area is 87.0 Å². The van der Waals surface area contributed by atoms with Gasteiger partial charge >= 0.3 is 14.8 Å². The Morgan fingerprint density at radius 3 is 2.17 bits per heavy atom. The van der Waals surface area contributed by atoms with E-state index in [1.807, 2.05) is 0 Å². The quantitative estimate of drug-likeness (QED) is 0.255. The monoisotopic (exact) mass is 229 g/mol. The first-order valence-corrected chi connectivity index (χ1v) is 6.82. The first-order chi connectivity index (χ1) is 5.72. The van der Waals surface area contributed by atoms with E-state index in [-0.39, 0.29) is 0 Å². The minimum absolute atomic E-state index is 1.17. The molecule has 7 heteroatoms. The normalized spacial score (nSPS) is 8.00. The number of thiol groups is 1. The van der Waals surface area contributed by atoms with Gasteiger partial charge in [-0.2, -0.15) is 0 Å². The average Bonchev–Trinajstić information content (AvgIpc) is 2.07. The van der Waals surface area contributed by atoms with E-state index >= 15 is 0 Å². The van der Waals surface area contributed by atoms with Gasteiger partial charge in [-0.05, 0) is 6.42 Å². The Balaban J connectivity index is 0. The molecule has 0 rings (SSSR count). The largest absolute Gasteiger partial charge is 0.839 e. The van der Waals surface area contributed by atoms with Crippen molar-refractivity contribution in [3.05, 3.63) is 0 Å². The second kappa shape index (κ2) is 14.1. The van der Waals surface area contributed by atoms with Gasteiger partial charge in [0.25, 0.3) is 0 Å². The lowest BCUT2D eigenvalue weighted by atomic mass is 10.6. The van der Waals surface area contributed by atoms with Crippen LogP contribution >= 0.6 is 22.5 Å². The molecule has 0 aliphatic rings. The van der Waals surface area contributed by atoms with Gasteiger partial charge in [-0.1, -0.05) is 17.7 Å². The van der Waals surface area contributed by atoms with Crippen molar-refractivity contribution in [1.82, 2.24) is 0 Å². The lowest BCUT2D eigenvalue weighted by molar-refractivity contribution is -0.200. The Bertz CT molecular complexity index is 101. The Morgan fingerprint density at radius 1 is 1.50 bits per heavy atom. The fraction of sp³-hybridized carbons (Fsp3) is 1.00. The number of hydrogen-bond donors (Lipinski definition) is 1. The Morgan fingerprint density at radius 2 is 2.08 bits per heavy atom. The summed E-state index contributed by atoms with van der Waals surface area (Å²) >= 11 is 1.26. The van der Waals surface area contributed by atoms with Crippen LogP contribution < -0.4 is 0 Å². The molecule has 0 aromatic carbocycles. The van der Waals surface area contributed by atoms with Gasteiger partial charge in [0, 0.05) is 12.9 Å². The van der Waals surface area contributed by atoms with Crippen LogP contribution in [0.4, 0.5) is 0 Å². The van der Waals surface area contributed by atoms with Crippen LogP contribution in [-0.2, 0) is 16.4 Å². The molecule has 0 amide bonds. The summed E-state index contributed by atoms with van der Waals surface area (Å²) in [5, 5.41) is 0. The van der Waals surface area contributed by atoms with Crippen LogP contribution in [0.1, 0.15) is 13.3 Å². The summed E-state index contributed by atoms with van der Waals surface area (Å²) in [6.07, 6.45) is 1.23. The fourth-order valence-electron chi connectivity index (χ4n) is 0.209. The highest BCUT2D eigenvalue weighted by Gasteiger charge is 1.98. The molecule has 0 aromatic rings. The van der Waals surface area contributed by atoms with Gasteiger partial charge in [-0.3, -0.25) is 4.89 Å². The van der Waals surface area contributed by atoms with Crippen LogP contribution in [0.15, 0.2) is 0 Å². The highest BCUT2D eigenvalue weighted by molar-refractivity contribution is 8.68. The van der Waals surface area contributed by atoms with Crippen molar-refractivity contribution < 1.29 is 16.4 Å². The summed E-state index contributed by atoms with van der Waals surface area (Å²) in [5.74, 6) is 1.17. The number of rotatable bonds is 5. The van der Waals surface area contributed by atoms with Crippen molar-refractivity contribution >= 4 is 37.2 Å². The molecule has 0 spiro atoms. The summed E-state index contributed by atoms with van der Waals surface area (Å²) in [5.41, 5.74) is 0. The van der Waals surface area contributed by atoms with Crippen molar-refractivity contribution in [1.29, 1.82) is 0 Å². The lowest BCUT2D eigenvalue weighted by Gasteiger charge is -2.08. The Kier molecular flexibility index (Phi) is 17.8. The molecule has 0 N–H and O–H groups in total. The van der Waals surface area contributed by atoms with E-state index in [4.69, 9.17) is 0 Å². The summed E-state index contributed by atoms with van der Waals surface area (Å²) in [7, 11) is 4.17. The Hall–Kier alpha value is 0.592. The summed E-state index contributed by atoms with van der Waals surface area (Å²) < 4.78 is 18.3. The maximum absolute atomic E-state index is 10.1. The highest BCUT2D eigenvalue weighted by atomic mass is 33.1. The third-order valence-electron chi connectivity index (χ3n) is 0.663. The van der Waals surface area contributed by atoms with Gasteiger partial charge in [0.15, 0.2) is 0 Å². The van der Waals surface area contributed by atoms with Gasteiger partial charge in [-0.15, -0.1) is 11.7 Å². The van der Waals surface area contributed by atoms with E-state index in [0.717, 1.165) is 0 Å². The average molecular weight is 229 g/mol. The van der Waals surface area contributed by atoms with E-state index < -0.39 is 14.8 Å². The van der Waals surface area contributed by atoms with E-state index in [2.05, 4.69) is 31.2 Å². The summed E-state index contributed by atoms with van der Waals surface area (Å²) in [6.45, 7) is 2.14. The zero-order valence-corrected chi connectivity index (χ0v) is 10.3. The highest BCUT2D eigenvalue weighted by Crippen LogP contribution is 2.04. The molecule has 0 aliphatic carbocycles. The molecule has 0 bridgehead atoms. The second-order valence-corrected chi connectivity index (χ2v) is 4.30. The van der Waals surface area contributed by atoms with E-state index in [9.17, 15) is 3.80 Å². The van der Waals surface area contributed by atoms with Crippen LogP contribution in [0.3, 0.4) is 0 Å². The predicted octanol–water partition coefficient (Wildman–Crippen LogP) is 1.60. The zero-order chi connectivity index (χ0) is 9.82. The van der Waals surface area contributed by atoms with Crippen LogP contribution in [0.2, 0.25) is 0 Å². The molecule has 0 aromatic heterocycles. The minimum atomic E-state index is -2.65. The molecule has 0 saturated carbocycles. The van der Waals surface area contributed by atoms with Gasteiger partial charge in [-0.25, -0.2) is 0 Å². The van der Waals surface area contributed by atoms with E-state index in [1.54, 1.807) is 10.8 Å². The topological polar surface area (TPSA) is 44.8 Å². The van der Waals surface area contributed by atoms with Crippen LogP contribution in [0, 0.1) is 0 Å². The minimum Gasteiger partial charge on any atom is -0.771 e. The zero-order valence-electron chi connectivity index (χ0n) is 7.48. The van der Waals surface area contributed by atoms with Crippen molar-refractivity contribution in [2.24, 2.45) is 0 Å². The fourth-order valence-corrected chi connectivity index (χ4v) is 1.18. The SMILES string of the molecule is CCCSS.CO[O][Al-](=[O])[O]C. The molecule has 4 nitrogen and oxygen atoms in total. The predicted molar refractivity (Wildman–Crippen MR) is 53.3 cm³/mol. The first-order valence-electron chi connectivity index (χ1n) is 3.37. The van der Waals surface area contributed by atoms with Crippen LogP contribution in [0.25, 0.3) is 0 Å². The van der Waals surface area contributed by atoms with Gasteiger partial charge in [0.1, 0.15) is 0 Å². The van der Waals surface area contributed by atoms with Gasteiger partial charge in [0.05, 0.1) is 7.11 Å². The van der Waals surface area contributed by atoms with Crippen molar-refractivity contribution in [3.8, 4) is 0 Å². The maximum atomic E-state index is 10.1. The molecule has 0 fully saturated rings. The second-order valence-electron chi connectivity index (χ2n) is 1.62. The molecule has 12 heavy (non-hydrogen) atoms. The molecule has 0 radical (unpaired) electrons. The van der Waals surface area contributed by atoms with Crippen molar-refractivity contribution in [2.75, 3.05) is 20.0 Å². The lowest BCUT2D eigenvalue weighted by Crippen LogP contribution is -2.07. The molecule has 74 valence electrons. The van der Waals surface area contributed by atoms with E-state index in [1.165, 1.54) is 26.4 Å². The third-order valence-corrected chi connectivity index (χ3v) is 2.54.